The van der Waals surface area contributed by atoms with Gasteiger partial charge in [0.2, 0.25) is 5.89 Å². The molecule has 24 heavy (non-hydrogen) atoms. The lowest BCUT2D eigenvalue weighted by Gasteiger charge is -2.08. The molecule has 2 heterocycles. The van der Waals surface area contributed by atoms with Crippen molar-refractivity contribution in [1.82, 2.24) is 20.4 Å². The van der Waals surface area contributed by atoms with Crippen LogP contribution in [0.4, 0.5) is 13.2 Å². The van der Waals surface area contributed by atoms with E-state index in [1.165, 1.54) is 12.1 Å². The number of oxazole rings is 1. The second kappa shape index (κ2) is 5.69. The third kappa shape index (κ3) is 3.05. The highest BCUT2D eigenvalue weighted by Crippen LogP contribution is 2.30. The van der Waals surface area contributed by atoms with Gasteiger partial charge in [-0.25, -0.2) is 4.98 Å². The lowest BCUT2D eigenvalue weighted by molar-refractivity contribution is -0.274. The minimum atomic E-state index is -4.76. The van der Waals surface area contributed by atoms with Crippen LogP contribution in [0, 0.1) is 18.3 Å². The fraction of sp³-hybridized carbons (Fsp3) is 0.143. The first-order chi connectivity index (χ1) is 11.4. The number of nitriles is 1. The van der Waals surface area contributed by atoms with E-state index in [-0.39, 0.29) is 23.0 Å². The maximum absolute atomic E-state index is 12.2. The Hall–Kier alpha value is -3.35. The number of benzene rings is 1. The van der Waals surface area contributed by atoms with Crippen molar-refractivity contribution in [2.75, 3.05) is 0 Å². The molecule has 7 nitrogen and oxygen atoms in total. The summed E-state index contributed by atoms with van der Waals surface area (Å²) in [7, 11) is 0. The highest BCUT2D eigenvalue weighted by atomic mass is 19.4. The van der Waals surface area contributed by atoms with Crippen molar-refractivity contribution < 1.29 is 22.3 Å². The second-order valence-electron chi connectivity index (χ2n) is 4.63. The van der Waals surface area contributed by atoms with Gasteiger partial charge in [0.25, 0.3) is 0 Å². The fourth-order valence-electron chi connectivity index (χ4n) is 2.01. The Morgan fingerprint density at radius 1 is 1.17 bits per heavy atom. The molecule has 0 aliphatic rings. The van der Waals surface area contributed by atoms with Crippen LogP contribution in [0.1, 0.15) is 11.5 Å². The number of aromatic amines is 1. The summed E-state index contributed by atoms with van der Waals surface area (Å²) in [5.41, 5.74) is 1.07. The van der Waals surface area contributed by atoms with Crippen LogP contribution in [0.25, 0.3) is 22.8 Å². The number of alkyl halides is 3. The molecule has 2 aromatic heterocycles. The summed E-state index contributed by atoms with van der Waals surface area (Å²) in [4.78, 5) is 4.23. The number of nitrogens with zero attached hydrogens (tertiary/aromatic N) is 4. The van der Waals surface area contributed by atoms with Gasteiger partial charge in [0.05, 0.1) is 0 Å². The number of halogens is 3. The van der Waals surface area contributed by atoms with Crippen molar-refractivity contribution in [2.45, 2.75) is 13.3 Å². The molecule has 0 aliphatic carbocycles. The summed E-state index contributed by atoms with van der Waals surface area (Å²) in [6, 6.07) is 6.93. The number of H-pyrrole nitrogens is 1. The molecule has 122 valence electrons. The van der Waals surface area contributed by atoms with Gasteiger partial charge >= 0.3 is 6.36 Å². The molecule has 0 saturated carbocycles. The minimum Gasteiger partial charge on any atom is -0.441 e. The third-order valence-corrected chi connectivity index (χ3v) is 3.01. The molecule has 0 saturated heterocycles. The molecule has 1 N–H and O–H groups in total. The van der Waals surface area contributed by atoms with E-state index in [0.717, 1.165) is 12.1 Å². The quantitative estimate of drug-likeness (QED) is 0.789. The van der Waals surface area contributed by atoms with Gasteiger partial charge in [0, 0.05) is 5.56 Å². The topological polar surface area (TPSA) is 101 Å². The maximum Gasteiger partial charge on any atom is 0.573 e. The molecule has 0 aliphatic heterocycles. The Kier molecular flexibility index (Phi) is 3.69. The Labute approximate surface area is 132 Å². The van der Waals surface area contributed by atoms with Crippen molar-refractivity contribution in [3.8, 4) is 34.7 Å². The molecular formula is C14H8F3N5O2. The van der Waals surface area contributed by atoms with E-state index < -0.39 is 6.36 Å². The van der Waals surface area contributed by atoms with Crippen LogP contribution in [-0.4, -0.2) is 26.8 Å². The number of aryl methyl sites for hydroxylation is 1. The number of ether oxygens (including phenoxy) is 1. The van der Waals surface area contributed by atoms with Gasteiger partial charge in [-0.2, -0.15) is 15.6 Å². The van der Waals surface area contributed by atoms with Crippen LogP contribution in [0.2, 0.25) is 0 Å². The Balaban J connectivity index is 1.92. The monoisotopic (exact) mass is 335 g/mol. The third-order valence-electron chi connectivity index (χ3n) is 3.01. The predicted octanol–water partition coefficient (Wildman–Crippen LogP) is 3.21. The summed E-state index contributed by atoms with van der Waals surface area (Å²) in [6.45, 7) is 1.63. The zero-order valence-corrected chi connectivity index (χ0v) is 12.0. The Morgan fingerprint density at radius 3 is 2.50 bits per heavy atom. The molecule has 0 unspecified atom stereocenters. The smallest absolute Gasteiger partial charge is 0.441 e. The lowest BCUT2D eigenvalue weighted by Crippen LogP contribution is -2.16. The molecule has 0 atom stereocenters. The van der Waals surface area contributed by atoms with Gasteiger partial charge in [0.1, 0.15) is 23.3 Å². The van der Waals surface area contributed by atoms with Crippen molar-refractivity contribution in [3.63, 3.8) is 0 Å². The fourth-order valence-corrected chi connectivity index (χ4v) is 2.01. The van der Waals surface area contributed by atoms with Gasteiger partial charge in [-0.1, -0.05) is 0 Å². The number of aromatic nitrogens is 4. The zero-order valence-electron chi connectivity index (χ0n) is 12.0. The molecule has 0 amide bonds. The highest BCUT2D eigenvalue weighted by molar-refractivity contribution is 5.66. The minimum absolute atomic E-state index is 0.0619. The standard InChI is InChI=1S/C14H8F3N5O2/c1-7-11(12-10(6-18)20-22-21-12)19-13(23-7)8-2-4-9(5-3-8)24-14(15,16)17/h2-5H,1H3,(H,20,21,22). The maximum atomic E-state index is 12.2. The van der Waals surface area contributed by atoms with E-state index in [1.807, 2.05) is 6.07 Å². The number of hydrogen-bond acceptors (Lipinski definition) is 6. The van der Waals surface area contributed by atoms with Gasteiger partial charge in [-0.15, -0.1) is 18.3 Å². The molecule has 0 bridgehead atoms. The van der Waals surface area contributed by atoms with Gasteiger partial charge in [0.15, 0.2) is 11.4 Å². The van der Waals surface area contributed by atoms with E-state index >= 15 is 0 Å². The summed E-state index contributed by atoms with van der Waals surface area (Å²) >= 11 is 0. The molecule has 0 fully saturated rings. The van der Waals surface area contributed by atoms with Gasteiger partial charge in [-0.3, -0.25) is 0 Å². The lowest BCUT2D eigenvalue weighted by atomic mass is 10.2. The van der Waals surface area contributed by atoms with Crippen LogP contribution < -0.4 is 4.74 Å². The van der Waals surface area contributed by atoms with Crippen LogP contribution in [-0.2, 0) is 0 Å². The van der Waals surface area contributed by atoms with Crippen LogP contribution >= 0.6 is 0 Å². The molecule has 1 aromatic carbocycles. The molecule has 10 heteroatoms. The predicted molar refractivity (Wildman–Crippen MR) is 73.5 cm³/mol. The van der Waals surface area contributed by atoms with E-state index in [9.17, 15) is 13.2 Å². The molecule has 0 radical (unpaired) electrons. The van der Waals surface area contributed by atoms with Crippen molar-refractivity contribution >= 4 is 0 Å². The van der Waals surface area contributed by atoms with Crippen molar-refractivity contribution in [1.29, 1.82) is 5.26 Å². The first kappa shape index (κ1) is 15.5. The van der Waals surface area contributed by atoms with Crippen LogP contribution in [0.5, 0.6) is 5.75 Å². The van der Waals surface area contributed by atoms with Crippen LogP contribution in [0.15, 0.2) is 28.7 Å². The average Bonchev–Trinajstić information content (AvgIpc) is 3.12. The summed E-state index contributed by atoms with van der Waals surface area (Å²) in [6.07, 6.45) is -4.76. The Bertz CT molecular complexity index is 906. The first-order valence-corrected chi connectivity index (χ1v) is 6.52. The van der Waals surface area contributed by atoms with E-state index in [2.05, 4.69) is 25.1 Å². The second-order valence-corrected chi connectivity index (χ2v) is 4.63. The van der Waals surface area contributed by atoms with Crippen molar-refractivity contribution in [2.24, 2.45) is 0 Å². The summed E-state index contributed by atoms with van der Waals surface area (Å²) < 4.78 is 45.8. The van der Waals surface area contributed by atoms with Gasteiger partial charge < -0.3 is 9.15 Å². The average molecular weight is 335 g/mol. The molecule has 3 aromatic rings. The SMILES string of the molecule is Cc1oc(-c2ccc(OC(F)(F)F)cc2)nc1-c1n[nH]nc1C#N. The number of nitrogens with one attached hydrogen (secondary N) is 1. The number of hydrogen-bond donors (Lipinski definition) is 1. The first-order valence-electron chi connectivity index (χ1n) is 6.52. The molecule has 0 spiro atoms. The van der Waals surface area contributed by atoms with E-state index in [4.69, 9.17) is 9.68 Å². The zero-order chi connectivity index (χ0) is 17.3. The van der Waals surface area contributed by atoms with Crippen LogP contribution in [0.3, 0.4) is 0 Å². The van der Waals surface area contributed by atoms with Crippen molar-refractivity contribution in [3.05, 3.63) is 35.7 Å². The normalized spacial score (nSPS) is 11.3. The van der Waals surface area contributed by atoms with E-state index in [1.54, 1.807) is 6.92 Å². The number of rotatable bonds is 3. The summed E-state index contributed by atoms with van der Waals surface area (Å²) in [5, 5.41) is 18.8. The largest absolute Gasteiger partial charge is 0.573 e. The molecular weight excluding hydrogens is 327 g/mol. The van der Waals surface area contributed by atoms with Gasteiger partial charge in [-0.05, 0) is 31.2 Å². The highest BCUT2D eigenvalue weighted by Gasteiger charge is 2.31. The molecule has 3 rings (SSSR count). The summed E-state index contributed by atoms with van der Waals surface area (Å²) in [5.74, 6) is 0.219. The Morgan fingerprint density at radius 2 is 1.88 bits per heavy atom. The van der Waals surface area contributed by atoms with E-state index in [0.29, 0.717) is 17.0 Å².